The topological polar surface area (TPSA) is 83.0 Å². The maximum absolute atomic E-state index is 12.8. The molecule has 0 aliphatic heterocycles. The molecule has 134 valence electrons. The van der Waals surface area contributed by atoms with Gasteiger partial charge in [0, 0.05) is 6.54 Å². The maximum atomic E-state index is 12.8. The smallest absolute Gasteiger partial charge is 0.389 e. The molecule has 1 aromatic heterocycles. The van der Waals surface area contributed by atoms with Gasteiger partial charge < -0.3 is 15.7 Å². The van der Waals surface area contributed by atoms with E-state index < -0.39 is 18.3 Å². The minimum atomic E-state index is -4.40. The van der Waals surface area contributed by atoms with E-state index in [9.17, 15) is 18.3 Å². The van der Waals surface area contributed by atoms with Crippen LogP contribution in [0, 0.1) is 0 Å². The number of nitrogens with zero attached hydrogens (tertiary/aromatic N) is 3. The highest BCUT2D eigenvalue weighted by Crippen LogP contribution is 2.27. The third kappa shape index (κ3) is 5.05. The lowest BCUT2D eigenvalue weighted by Gasteiger charge is -2.19. The minimum Gasteiger partial charge on any atom is -0.389 e. The van der Waals surface area contributed by atoms with Crippen LogP contribution in [0.15, 0.2) is 6.08 Å². The number of aromatic nitrogens is 3. The molecular weight excluding hydrogens is 323 g/mol. The number of allylic oxidation sites excluding steroid dienone is 1. The molecule has 0 aromatic carbocycles. The van der Waals surface area contributed by atoms with E-state index in [2.05, 4.69) is 25.6 Å². The zero-order chi connectivity index (χ0) is 17.7. The molecule has 9 heteroatoms. The third-order valence-corrected chi connectivity index (χ3v) is 3.63. The van der Waals surface area contributed by atoms with Gasteiger partial charge in [-0.3, -0.25) is 0 Å². The van der Waals surface area contributed by atoms with Crippen LogP contribution in [0.1, 0.15) is 45.4 Å². The Bertz CT molecular complexity index is 591. The lowest BCUT2D eigenvalue weighted by atomic mass is 9.97. The average molecular weight is 345 g/mol. The Hall–Kier alpha value is -1.90. The van der Waals surface area contributed by atoms with Crippen LogP contribution in [0.25, 0.3) is 5.57 Å². The Labute approximate surface area is 138 Å². The molecule has 0 amide bonds. The zero-order valence-electron chi connectivity index (χ0n) is 13.7. The highest BCUT2D eigenvalue weighted by molar-refractivity contribution is 5.63. The van der Waals surface area contributed by atoms with E-state index in [0.29, 0.717) is 25.2 Å². The SMILES string of the molecule is CCCNc1nc(N[C@H](C)C(F)(F)F)nc(C2=CC(O)CCC2)n1. The van der Waals surface area contributed by atoms with E-state index in [1.165, 1.54) is 0 Å². The molecule has 1 unspecified atom stereocenters. The molecule has 0 saturated carbocycles. The van der Waals surface area contributed by atoms with Gasteiger partial charge in [-0.1, -0.05) is 6.92 Å². The fourth-order valence-corrected chi connectivity index (χ4v) is 2.26. The monoisotopic (exact) mass is 345 g/mol. The van der Waals surface area contributed by atoms with Crippen molar-refractivity contribution in [2.45, 2.75) is 57.9 Å². The molecular formula is C15H22F3N5O. The summed E-state index contributed by atoms with van der Waals surface area (Å²) in [4.78, 5) is 12.4. The second kappa shape index (κ2) is 7.78. The van der Waals surface area contributed by atoms with Crippen LogP contribution < -0.4 is 10.6 Å². The van der Waals surface area contributed by atoms with Gasteiger partial charge in [-0.2, -0.15) is 28.1 Å². The zero-order valence-corrected chi connectivity index (χ0v) is 13.7. The number of anilines is 2. The maximum Gasteiger partial charge on any atom is 0.408 e. The molecule has 0 spiro atoms. The van der Waals surface area contributed by atoms with Gasteiger partial charge in [-0.15, -0.1) is 0 Å². The largest absolute Gasteiger partial charge is 0.408 e. The van der Waals surface area contributed by atoms with Crippen molar-refractivity contribution in [3.8, 4) is 0 Å². The molecule has 0 radical (unpaired) electrons. The fraction of sp³-hybridized carbons (Fsp3) is 0.667. The van der Waals surface area contributed by atoms with Gasteiger partial charge in [0.2, 0.25) is 11.9 Å². The molecule has 2 rings (SSSR count). The van der Waals surface area contributed by atoms with E-state index in [0.717, 1.165) is 25.3 Å². The molecule has 1 aromatic rings. The predicted molar refractivity (Wildman–Crippen MR) is 85.6 cm³/mol. The summed E-state index contributed by atoms with van der Waals surface area (Å²) >= 11 is 0. The number of alkyl halides is 3. The van der Waals surface area contributed by atoms with Crippen LogP contribution in [0.5, 0.6) is 0 Å². The van der Waals surface area contributed by atoms with Crippen molar-refractivity contribution in [2.24, 2.45) is 0 Å². The number of hydrogen-bond acceptors (Lipinski definition) is 6. The van der Waals surface area contributed by atoms with E-state index >= 15 is 0 Å². The summed E-state index contributed by atoms with van der Waals surface area (Å²) in [7, 11) is 0. The first-order chi connectivity index (χ1) is 11.3. The third-order valence-electron chi connectivity index (χ3n) is 3.63. The molecule has 1 aliphatic rings. The van der Waals surface area contributed by atoms with Crippen LogP contribution >= 0.6 is 0 Å². The number of aliphatic hydroxyl groups excluding tert-OH is 1. The lowest BCUT2D eigenvalue weighted by Crippen LogP contribution is -2.34. The molecule has 0 bridgehead atoms. The molecule has 6 nitrogen and oxygen atoms in total. The number of aliphatic hydroxyl groups is 1. The number of rotatable bonds is 6. The van der Waals surface area contributed by atoms with Gasteiger partial charge in [-0.25, -0.2) is 0 Å². The van der Waals surface area contributed by atoms with Crippen molar-refractivity contribution >= 4 is 17.5 Å². The van der Waals surface area contributed by atoms with Gasteiger partial charge in [0.15, 0.2) is 5.82 Å². The van der Waals surface area contributed by atoms with E-state index in [1.54, 1.807) is 6.08 Å². The second-order valence-electron chi connectivity index (χ2n) is 5.79. The van der Waals surface area contributed by atoms with Crippen LogP contribution in [-0.2, 0) is 0 Å². The summed E-state index contributed by atoms with van der Waals surface area (Å²) in [5, 5.41) is 15.0. The van der Waals surface area contributed by atoms with Gasteiger partial charge in [0.1, 0.15) is 6.04 Å². The molecule has 1 heterocycles. The Balaban J connectivity index is 2.30. The van der Waals surface area contributed by atoms with Gasteiger partial charge in [-0.05, 0) is 44.3 Å². The Morgan fingerprint density at radius 2 is 2.00 bits per heavy atom. The molecule has 24 heavy (non-hydrogen) atoms. The standard InChI is InChI=1S/C15H22F3N5O/c1-3-7-19-13-21-12(10-5-4-6-11(24)8-10)22-14(23-13)20-9(2)15(16,17)18/h8-9,11,24H,3-7H2,1-2H3,(H2,19,20,21,22,23)/t9-,11?/m1/s1. The molecule has 0 saturated heterocycles. The Morgan fingerprint density at radius 3 is 2.62 bits per heavy atom. The second-order valence-corrected chi connectivity index (χ2v) is 5.79. The number of halogens is 3. The quantitative estimate of drug-likeness (QED) is 0.735. The van der Waals surface area contributed by atoms with E-state index in [-0.39, 0.29) is 11.9 Å². The summed E-state index contributed by atoms with van der Waals surface area (Å²) in [6.45, 7) is 3.56. The van der Waals surface area contributed by atoms with Crippen LogP contribution in [0.2, 0.25) is 0 Å². The predicted octanol–water partition coefficient (Wildman–Crippen LogP) is 2.98. The summed E-state index contributed by atoms with van der Waals surface area (Å²) < 4.78 is 38.3. The summed E-state index contributed by atoms with van der Waals surface area (Å²) in [6.07, 6.45) is -0.400. The number of hydrogen-bond donors (Lipinski definition) is 3. The van der Waals surface area contributed by atoms with Crippen molar-refractivity contribution in [1.82, 2.24) is 15.0 Å². The molecule has 3 N–H and O–H groups in total. The van der Waals surface area contributed by atoms with E-state index in [1.807, 2.05) is 6.92 Å². The van der Waals surface area contributed by atoms with Gasteiger partial charge >= 0.3 is 6.18 Å². The minimum absolute atomic E-state index is 0.135. The van der Waals surface area contributed by atoms with Crippen LogP contribution in [0.3, 0.4) is 0 Å². The van der Waals surface area contributed by atoms with Crippen molar-refractivity contribution in [3.05, 3.63) is 11.9 Å². The highest BCUT2D eigenvalue weighted by atomic mass is 19.4. The van der Waals surface area contributed by atoms with Crippen molar-refractivity contribution in [1.29, 1.82) is 0 Å². The lowest BCUT2D eigenvalue weighted by molar-refractivity contribution is -0.138. The molecule has 0 fully saturated rings. The summed E-state index contributed by atoms with van der Waals surface area (Å²) in [5.74, 6) is 0.378. The van der Waals surface area contributed by atoms with Crippen LogP contribution in [0.4, 0.5) is 25.1 Å². The first-order valence-corrected chi connectivity index (χ1v) is 8.02. The van der Waals surface area contributed by atoms with Crippen molar-refractivity contribution < 1.29 is 18.3 Å². The van der Waals surface area contributed by atoms with E-state index in [4.69, 9.17) is 0 Å². The van der Waals surface area contributed by atoms with Gasteiger partial charge in [0.05, 0.1) is 6.10 Å². The molecule has 1 aliphatic carbocycles. The number of nitrogens with one attached hydrogen (secondary N) is 2. The first-order valence-electron chi connectivity index (χ1n) is 8.02. The first kappa shape index (κ1) is 18.4. The van der Waals surface area contributed by atoms with Gasteiger partial charge in [0.25, 0.3) is 0 Å². The Morgan fingerprint density at radius 1 is 1.29 bits per heavy atom. The summed E-state index contributed by atoms with van der Waals surface area (Å²) in [6, 6.07) is -1.78. The summed E-state index contributed by atoms with van der Waals surface area (Å²) in [5.41, 5.74) is 0.721. The molecule has 2 atom stereocenters. The highest BCUT2D eigenvalue weighted by Gasteiger charge is 2.36. The Kier molecular flexibility index (Phi) is 5.98. The van der Waals surface area contributed by atoms with Crippen molar-refractivity contribution in [2.75, 3.05) is 17.2 Å². The average Bonchev–Trinajstić information content (AvgIpc) is 2.52. The fourth-order valence-electron chi connectivity index (χ4n) is 2.26. The van der Waals surface area contributed by atoms with Crippen LogP contribution in [-0.4, -0.2) is 44.9 Å². The normalized spacial score (nSPS) is 19.6. The van der Waals surface area contributed by atoms with Crippen molar-refractivity contribution in [3.63, 3.8) is 0 Å².